The lowest BCUT2D eigenvalue weighted by Gasteiger charge is -2.10. The van der Waals surface area contributed by atoms with E-state index in [0.29, 0.717) is 5.75 Å². The average Bonchev–Trinajstić information content (AvgIpc) is 3.10. The summed E-state index contributed by atoms with van der Waals surface area (Å²) in [6, 6.07) is 6.97. The predicted octanol–water partition coefficient (Wildman–Crippen LogP) is 1.87. The number of benzene rings is 1. The molecule has 0 heterocycles. The zero-order valence-electron chi connectivity index (χ0n) is 13.5. The average molecular weight is 411 g/mol. The van der Waals surface area contributed by atoms with E-state index < -0.39 is 24.4 Å². The highest BCUT2D eigenvalue weighted by Gasteiger charge is 2.16. The number of ether oxygens (including phenoxy) is 2. The molecule has 0 fully saturated rings. The maximum absolute atomic E-state index is 11.6. The second-order valence-electron chi connectivity index (χ2n) is 5.47. The molecule has 0 bridgehead atoms. The van der Waals surface area contributed by atoms with Gasteiger partial charge in [0.05, 0.1) is 6.42 Å². The maximum atomic E-state index is 11.6. The largest absolute Gasteiger partial charge is 0.484 e. The van der Waals surface area contributed by atoms with Crippen LogP contribution in [0.4, 0.5) is 0 Å². The molecule has 0 saturated heterocycles. The minimum atomic E-state index is -0.618. The van der Waals surface area contributed by atoms with Gasteiger partial charge in [-0.05, 0) is 43.0 Å². The quantitative estimate of drug-likeness (QED) is 0.406. The van der Waals surface area contributed by atoms with Crippen molar-refractivity contribution in [1.82, 2.24) is 10.9 Å². The molecule has 0 radical (unpaired) electrons. The van der Waals surface area contributed by atoms with Crippen molar-refractivity contribution in [2.45, 2.75) is 19.3 Å². The van der Waals surface area contributed by atoms with Crippen molar-refractivity contribution in [2.75, 3.05) is 13.2 Å². The van der Waals surface area contributed by atoms with Crippen LogP contribution in [0.2, 0.25) is 0 Å². The van der Waals surface area contributed by atoms with Crippen LogP contribution in [0.1, 0.15) is 19.3 Å². The molecule has 0 aromatic heterocycles. The lowest BCUT2D eigenvalue weighted by Crippen LogP contribution is -2.45. The molecule has 0 unspecified atom stereocenters. The van der Waals surface area contributed by atoms with Crippen LogP contribution in [0.3, 0.4) is 0 Å². The number of carbonyl (C=O) groups excluding carboxylic acids is 3. The van der Waals surface area contributed by atoms with E-state index in [2.05, 4.69) is 26.8 Å². The SMILES string of the molecule is O=C(COC(=O)C[C@@H]1C=CCC1)NNC(=O)COc1ccc(Br)cc1. The number of esters is 1. The van der Waals surface area contributed by atoms with Gasteiger partial charge in [0.2, 0.25) is 0 Å². The molecule has 0 saturated carbocycles. The van der Waals surface area contributed by atoms with Gasteiger partial charge in [0.25, 0.3) is 11.8 Å². The van der Waals surface area contributed by atoms with E-state index >= 15 is 0 Å². The molecule has 1 atom stereocenters. The molecule has 8 heteroatoms. The van der Waals surface area contributed by atoms with Gasteiger partial charge in [-0.2, -0.15) is 0 Å². The zero-order valence-corrected chi connectivity index (χ0v) is 15.1. The van der Waals surface area contributed by atoms with Gasteiger partial charge in [-0.25, -0.2) is 0 Å². The van der Waals surface area contributed by atoms with E-state index in [-0.39, 0.29) is 18.9 Å². The van der Waals surface area contributed by atoms with Gasteiger partial charge in [-0.3, -0.25) is 25.2 Å². The molecule has 2 rings (SSSR count). The Kier molecular flexibility index (Phi) is 7.46. The smallest absolute Gasteiger partial charge is 0.306 e. The second kappa shape index (κ2) is 9.83. The van der Waals surface area contributed by atoms with Gasteiger partial charge >= 0.3 is 5.97 Å². The first-order valence-electron chi connectivity index (χ1n) is 7.81. The summed E-state index contributed by atoms with van der Waals surface area (Å²) in [6.45, 7) is -0.696. The van der Waals surface area contributed by atoms with Crippen molar-refractivity contribution in [1.29, 1.82) is 0 Å². The van der Waals surface area contributed by atoms with Gasteiger partial charge in [0.15, 0.2) is 13.2 Å². The van der Waals surface area contributed by atoms with Crippen LogP contribution in [0, 0.1) is 5.92 Å². The molecular weight excluding hydrogens is 392 g/mol. The maximum Gasteiger partial charge on any atom is 0.306 e. The van der Waals surface area contributed by atoms with Gasteiger partial charge in [0, 0.05) is 4.47 Å². The molecule has 2 amide bonds. The van der Waals surface area contributed by atoms with Gasteiger partial charge in [-0.15, -0.1) is 0 Å². The topological polar surface area (TPSA) is 93.7 Å². The molecule has 1 aliphatic carbocycles. The summed E-state index contributed by atoms with van der Waals surface area (Å²) in [4.78, 5) is 34.7. The van der Waals surface area contributed by atoms with Crippen molar-refractivity contribution in [3.05, 3.63) is 40.9 Å². The molecule has 7 nitrogen and oxygen atoms in total. The Bertz CT molecular complexity index is 645. The Labute approximate surface area is 153 Å². The summed E-state index contributed by atoms with van der Waals surface area (Å²) in [6.07, 6.45) is 6.16. The summed E-state index contributed by atoms with van der Waals surface area (Å²) in [7, 11) is 0. The highest BCUT2D eigenvalue weighted by atomic mass is 79.9. The van der Waals surface area contributed by atoms with Crippen LogP contribution in [-0.2, 0) is 19.1 Å². The lowest BCUT2D eigenvalue weighted by molar-refractivity contribution is -0.149. The predicted molar refractivity (Wildman–Crippen MR) is 93.4 cm³/mol. The Hall–Kier alpha value is -2.35. The second-order valence-corrected chi connectivity index (χ2v) is 6.39. The first kappa shape index (κ1) is 19.0. The fourth-order valence-electron chi connectivity index (χ4n) is 2.18. The molecular formula is C17H19BrN2O5. The standard InChI is InChI=1S/C17H19BrN2O5/c18-13-5-7-14(8-6-13)24-10-15(21)19-20-16(22)11-25-17(23)9-12-3-1-2-4-12/h1,3,5-8,12H,2,4,9-11H2,(H,19,21)(H,20,22)/t12-/m1/s1. The molecule has 0 spiro atoms. The van der Waals surface area contributed by atoms with Crippen molar-refractivity contribution < 1.29 is 23.9 Å². The van der Waals surface area contributed by atoms with Crippen LogP contribution in [0.15, 0.2) is 40.9 Å². The van der Waals surface area contributed by atoms with Crippen LogP contribution >= 0.6 is 15.9 Å². The number of rotatable bonds is 7. The van der Waals surface area contributed by atoms with E-state index in [1.54, 1.807) is 24.3 Å². The first-order valence-corrected chi connectivity index (χ1v) is 8.60. The molecule has 2 N–H and O–H groups in total. The van der Waals surface area contributed by atoms with Crippen molar-refractivity contribution in [3.8, 4) is 5.75 Å². The number of hydrogen-bond acceptors (Lipinski definition) is 5. The fraction of sp³-hybridized carbons (Fsp3) is 0.353. The van der Waals surface area contributed by atoms with E-state index in [0.717, 1.165) is 17.3 Å². The fourth-order valence-corrected chi connectivity index (χ4v) is 2.44. The molecule has 0 aliphatic heterocycles. The first-order chi connectivity index (χ1) is 12.0. The Balaban J connectivity index is 1.57. The number of hydrogen-bond donors (Lipinski definition) is 2. The van der Waals surface area contributed by atoms with Crippen LogP contribution in [-0.4, -0.2) is 31.0 Å². The third kappa shape index (κ3) is 7.38. The van der Waals surface area contributed by atoms with Crippen LogP contribution in [0.25, 0.3) is 0 Å². The summed E-state index contributed by atoms with van der Waals surface area (Å²) < 4.78 is 11.0. The molecule has 1 aliphatic rings. The van der Waals surface area contributed by atoms with Crippen LogP contribution < -0.4 is 15.6 Å². The van der Waals surface area contributed by atoms with Gasteiger partial charge < -0.3 is 9.47 Å². The Morgan fingerprint density at radius 1 is 1.08 bits per heavy atom. The number of amides is 2. The number of allylic oxidation sites excluding steroid dienone is 2. The normalized spacial score (nSPS) is 15.5. The Morgan fingerprint density at radius 2 is 1.76 bits per heavy atom. The van der Waals surface area contributed by atoms with E-state index in [4.69, 9.17) is 9.47 Å². The lowest BCUT2D eigenvalue weighted by atomic mass is 10.1. The number of hydrazine groups is 1. The van der Waals surface area contributed by atoms with Crippen molar-refractivity contribution in [2.24, 2.45) is 5.92 Å². The van der Waals surface area contributed by atoms with Gasteiger partial charge in [-0.1, -0.05) is 28.1 Å². The van der Waals surface area contributed by atoms with Crippen molar-refractivity contribution >= 4 is 33.7 Å². The van der Waals surface area contributed by atoms with Crippen molar-refractivity contribution in [3.63, 3.8) is 0 Å². The molecule has 25 heavy (non-hydrogen) atoms. The molecule has 1 aromatic rings. The number of halogens is 1. The summed E-state index contributed by atoms with van der Waals surface area (Å²) in [5.74, 6) is -0.867. The van der Waals surface area contributed by atoms with E-state index in [1.165, 1.54) is 0 Å². The van der Waals surface area contributed by atoms with Gasteiger partial charge in [0.1, 0.15) is 5.75 Å². The molecule has 134 valence electrons. The minimum absolute atomic E-state index is 0.186. The molecule has 1 aromatic carbocycles. The third-order valence-electron chi connectivity index (χ3n) is 3.43. The highest BCUT2D eigenvalue weighted by molar-refractivity contribution is 9.10. The number of carbonyl (C=O) groups is 3. The van der Waals surface area contributed by atoms with E-state index in [1.807, 2.05) is 12.2 Å². The van der Waals surface area contributed by atoms with E-state index in [9.17, 15) is 14.4 Å². The number of nitrogens with one attached hydrogen (secondary N) is 2. The zero-order chi connectivity index (χ0) is 18.1. The third-order valence-corrected chi connectivity index (χ3v) is 3.96. The Morgan fingerprint density at radius 3 is 2.40 bits per heavy atom. The summed E-state index contributed by atoms with van der Waals surface area (Å²) in [5, 5.41) is 0. The summed E-state index contributed by atoms with van der Waals surface area (Å²) in [5.41, 5.74) is 4.35. The summed E-state index contributed by atoms with van der Waals surface area (Å²) >= 11 is 3.29. The highest BCUT2D eigenvalue weighted by Crippen LogP contribution is 2.20. The monoisotopic (exact) mass is 410 g/mol. The van der Waals surface area contributed by atoms with Crippen LogP contribution in [0.5, 0.6) is 5.75 Å². The minimum Gasteiger partial charge on any atom is -0.484 e.